The van der Waals surface area contributed by atoms with Crippen LogP contribution in [0.1, 0.15) is 30.0 Å². The van der Waals surface area contributed by atoms with Crippen LogP contribution in [0, 0.1) is 6.92 Å². The van der Waals surface area contributed by atoms with Crippen molar-refractivity contribution in [3.8, 4) is 5.88 Å². The maximum Gasteiger partial charge on any atom is 0.218 e. The van der Waals surface area contributed by atoms with Crippen LogP contribution in [0.3, 0.4) is 0 Å². The quantitative estimate of drug-likeness (QED) is 0.681. The van der Waals surface area contributed by atoms with Gasteiger partial charge in [0.2, 0.25) is 5.88 Å². The van der Waals surface area contributed by atoms with Gasteiger partial charge in [0.25, 0.3) is 0 Å². The first-order chi connectivity index (χ1) is 12.7. The van der Waals surface area contributed by atoms with E-state index in [1.165, 1.54) is 22.1 Å². The largest absolute Gasteiger partial charge is 0.473 e. The van der Waals surface area contributed by atoms with Crippen molar-refractivity contribution in [3.63, 3.8) is 0 Å². The van der Waals surface area contributed by atoms with E-state index in [0.29, 0.717) is 0 Å². The molecule has 0 unspecified atom stereocenters. The normalized spacial score (nSPS) is 17.5. The summed E-state index contributed by atoms with van der Waals surface area (Å²) in [5.74, 6) is 0.820. The van der Waals surface area contributed by atoms with E-state index in [0.717, 1.165) is 43.9 Å². The molecule has 26 heavy (non-hydrogen) atoms. The molecule has 4 rings (SSSR count). The minimum atomic E-state index is 0.195. The van der Waals surface area contributed by atoms with Gasteiger partial charge in [-0.05, 0) is 37.0 Å². The Kier molecular flexibility index (Phi) is 4.89. The number of hydrogen-bond acceptors (Lipinski definition) is 3. The summed E-state index contributed by atoms with van der Waals surface area (Å²) in [6.07, 6.45) is 2.25. The third-order valence-corrected chi connectivity index (χ3v) is 5.24. The molecule has 1 aliphatic heterocycles. The Balaban J connectivity index is 1.61. The molecule has 3 heteroatoms. The number of rotatable bonds is 4. The minimum Gasteiger partial charge on any atom is -0.473 e. The highest BCUT2D eigenvalue weighted by Crippen LogP contribution is 2.29. The number of ether oxygens (including phenoxy) is 1. The SMILES string of the molecule is CC[C@@H]1CN(CCc2ccccc2)Cc2cc3cccc(C)c3nc2O1. The van der Waals surface area contributed by atoms with E-state index < -0.39 is 0 Å². The van der Waals surface area contributed by atoms with Crippen molar-refractivity contribution in [1.82, 2.24) is 9.88 Å². The Morgan fingerprint density at radius 1 is 1.12 bits per heavy atom. The smallest absolute Gasteiger partial charge is 0.218 e. The van der Waals surface area contributed by atoms with Gasteiger partial charge in [0.1, 0.15) is 6.10 Å². The van der Waals surface area contributed by atoms with E-state index >= 15 is 0 Å². The van der Waals surface area contributed by atoms with E-state index in [1.807, 2.05) is 0 Å². The summed E-state index contributed by atoms with van der Waals surface area (Å²) in [5.41, 5.74) is 4.84. The zero-order chi connectivity index (χ0) is 17.9. The second kappa shape index (κ2) is 7.46. The zero-order valence-corrected chi connectivity index (χ0v) is 15.6. The highest BCUT2D eigenvalue weighted by molar-refractivity contribution is 5.83. The first-order valence-corrected chi connectivity index (χ1v) is 9.55. The maximum atomic E-state index is 6.30. The summed E-state index contributed by atoms with van der Waals surface area (Å²) in [7, 11) is 0. The monoisotopic (exact) mass is 346 g/mol. The Bertz CT molecular complexity index is 891. The molecule has 3 aromatic rings. The number of aryl methyl sites for hydroxylation is 1. The van der Waals surface area contributed by atoms with Crippen LogP contribution >= 0.6 is 0 Å². The predicted molar refractivity (Wildman–Crippen MR) is 107 cm³/mol. The predicted octanol–water partition coefficient (Wildman–Crippen LogP) is 4.76. The highest BCUT2D eigenvalue weighted by atomic mass is 16.5. The molecule has 0 saturated carbocycles. The van der Waals surface area contributed by atoms with Gasteiger partial charge in [0.15, 0.2) is 0 Å². The van der Waals surface area contributed by atoms with Crippen molar-refractivity contribution in [2.75, 3.05) is 13.1 Å². The van der Waals surface area contributed by atoms with Crippen LogP contribution in [-0.2, 0) is 13.0 Å². The summed E-state index contributed by atoms with van der Waals surface area (Å²) in [5, 5.41) is 1.20. The molecule has 1 aliphatic rings. The average Bonchev–Trinajstić information content (AvgIpc) is 2.84. The molecule has 1 atom stereocenters. The summed E-state index contributed by atoms with van der Waals surface area (Å²) in [6.45, 7) is 7.19. The van der Waals surface area contributed by atoms with E-state index in [-0.39, 0.29) is 6.10 Å². The van der Waals surface area contributed by atoms with Crippen LogP contribution < -0.4 is 4.74 Å². The second-order valence-corrected chi connectivity index (χ2v) is 7.22. The molecule has 0 N–H and O–H groups in total. The Hall–Kier alpha value is -2.39. The third kappa shape index (κ3) is 3.58. The molecule has 0 aliphatic carbocycles. The van der Waals surface area contributed by atoms with E-state index in [4.69, 9.17) is 9.72 Å². The number of pyridine rings is 1. The molecule has 0 bridgehead atoms. The minimum absolute atomic E-state index is 0.195. The van der Waals surface area contributed by atoms with Crippen molar-refractivity contribution < 1.29 is 4.74 Å². The standard InChI is InChI=1S/C23H26N2O/c1-3-21-16-25(13-12-18-9-5-4-6-10-18)15-20-14-19-11-7-8-17(2)22(19)24-23(20)26-21/h4-11,14,21H,3,12-13,15-16H2,1-2H3/t21-/m1/s1. The molecular formula is C23H26N2O. The molecule has 2 aromatic carbocycles. The molecule has 0 saturated heterocycles. The van der Waals surface area contributed by atoms with Crippen LogP contribution in [0.15, 0.2) is 54.6 Å². The van der Waals surface area contributed by atoms with Crippen LogP contribution in [0.4, 0.5) is 0 Å². The van der Waals surface area contributed by atoms with Gasteiger partial charge in [0.05, 0.1) is 5.52 Å². The van der Waals surface area contributed by atoms with Crippen molar-refractivity contribution in [3.05, 3.63) is 71.3 Å². The maximum absolute atomic E-state index is 6.30. The molecule has 2 heterocycles. The number of fused-ring (bicyclic) bond motifs is 2. The van der Waals surface area contributed by atoms with Crippen LogP contribution in [0.5, 0.6) is 5.88 Å². The summed E-state index contributed by atoms with van der Waals surface area (Å²) < 4.78 is 6.30. The van der Waals surface area contributed by atoms with Crippen molar-refractivity contribution in [2.45, 2.75) is 39.3 Å². The lowest BCUT2D eigenvalue weighted by atomic mass is 10.1. The van der Waals surface area contributed by atoms with E-state index in [1.54, 1.807) is 0 Å². The molecule has 0 fully saturated rings. The Labute approximate surface area is 155 Å². The first-order valence-electron chi connectivity index (χ1n) is 9.55. The zero-order valence-electron chi connectivity index (χ0n) is 15.6. The summed E-state index contributed by atoms with van der Waals surface area (Å²) in [6, 6.07) is 19.3. The fourth-order valence-corrected chi connectivity index (χ4v) is 3.69. The third-order valence-electron chi connectivity index (χ3n) is 5.24. The fourth-order valence-electron chi connectivity index (χ4n) is 3.69. The van der Waals surface area contributed by atoms with E-state index in [2.05, 4.69) is 73.3 Å². The molecule has 0 spiro atoms. The molecular weight excluding hydrogens is 320 g/mol. The number of para-hydroxylation sites is 1. The number of nitrogens with zero attached hydrogens (tertiary/aromatic N) is 2. The average molecular weight is 346 g/mol. The number of benzene rings is 2. The van der Waals surface area contributed by atoms with Crippen molar-refractivity contribution in [1.29, 1.82) is 0 Å². The lowest BCUT2D eigenvalue weighted by Gasteiger charge is -2.22. The van der Waals surface area contributed by atoms with Gasteiger partial charge >= 0.3 is 0 Å². The summed E-state index contributed by atoms with van der Waals surface area (Å²) in [4.78, 5) is 7.39. The van der Waals surface area contributed by atoms with Gasteiger partial charge in [-0.3, -0.25) is 4.90 Å². The van der Waals surface area contributed by atoms with E-state index in [9.17, 15) is 0 Å². The van der Waals surface area contributed by atoms with Crippen LogP contribution in [0.25, 0.3) is 10.9 Å². The van der Waals surface area contributed by atoms with Gasteiger partial charge in [-0.2, -0.15) is 0 Å². The fraction of sp³-hybridized carbons (Fsp3) is 0.348. The van der Waals surface area contributed by atoms with Crippen molar-refractivity contribution in [2.24, 2.45) is 0 Å². The van der Waals surface area contributed by atoms with Gasteiger partial charge in [0, 0.05) is 30.6 Å². The number of aromatic nitrogens is 1. The molecule has 3 nitrogen and oxygen atoms in total. The summed E-state index contributed by atoms with van der Waals surface area (Å²) >= 11 is 0. The highest BCUT2D eigenvalue weighted by Gasteiger charge is 2.23. The lowest BCUT2D eigenvalue weighted by molar-refractivity contribution is 0.140. The first kappa shape index (κ1) is 17.0. The molecule has 134 valence electrons. The molecule has 0 radical (unpaired) electrons. The van der Waals surface area contributed by atoms with Gasteiger partial charge in [-0.15, -0.1) is 0 Å². The van der Waals surface area contributed by atoms with Gasteiger partial charge in [-0.25, -0.2) is 4.98 Å². The lowest BCUT2D eigenvalue weighted by Crippen LogP contribution is -2.33. The molecule has 0 amide bonds. The second-order valence-electron chi connectivity index (χ2n) is 7.22. The Morgan fingerprint density at radius 2 is 1.96 bits per heavy atom. The van der Waals surface area contributed by atoms with Crippen LogP contribution in [-0.4, -0.2) is 29.1 Å². The van der Waals surface area contributed by atoms with Crippen LogP contribution in [0.2, 0.25) is 0 Å². The van der Waals surface area contributed by atoms with Gasteiger partial charge < -0.3 is 4.74 Å². The number of hydrogen-bond donors (Lipinski definition) is 0. The van der Waals surface area contributed by atoms with Gasteiger partial charge in [-0.1, -0.05) is 55.5 Å². The topological polar surface area (TPSA) is 25.4 Å². The Morgan fingerprint density at radius 3 is 2.77 bits per heavy atom. The molecule has 1 aromatic heterocycles. The van der Waals surface area contributed by atoms with Crippen molar-refractivity contribution >= 4 is 10.9 Å².